The van der Waals surface area contributed by atoms with Crippen LogP contribution in [0.3, 0.4) is 0 Å². The number of nitro benzene ring substituents is 1. The summed E-state index contributed by atoms with van der Waals surface area (Å²) in [6.45, 7) is 0. The van der Waals surface area contributed by atoms with Gasteiger partial charge in [0.1, 0.15) is 11.3 Å². The smallest absolute Gasteiger partial charge is 0.271 e. The van der Waals surface area contributed by atoms with Crippen molar-refractivity contribution in [3.63, 3.8) is 0 Å². The summed E-state index contributed by atoms with van der Waals surface area (Å²) in [4.78, 5) is 19.3. The fourth-order valence-corrected chi connectivity index (χ4v) is 3.56. The Balaban J connectivity index is 1.68. The number of hydrogen-bond acceptors (Lipinski definition) is 6. The molecule has 7 nitrogen and oxygen atoms in total. The molecule has 1 aromatic heterocycles. The summed E-state index contributed by atoms with van der Waals surface area (Å²) in [6.07, 6.45) is 1.36. The molecule has 3 aromatic carbocycles. The van der Waals surface area contributed by atoms with Crippen molar-refractivity contribution in [2.24, 2.45) is 4.99 Å². The summed E-state index contributed by atoms with van der Waals surface area (Å²) in [5, 5.41) is 21.1. The molecule has 4 rings (SSSR count). The second-order valence-electron chi connectivity index (χ2n) is 6.06. The standard InChI is InChI=1S/C20H11Br2N3O4/c21-13-3-1-2-11(6-13)20-24-17-8-14(4-5-18(17)29-20)23-10-12-7-15(25(27)28)9-16(22)19(12)26/h1-10,26H. The van der Waals surface area contributed by atoms with Crippen molar-refractivity contribution in [2.45, 2.75) is 0 Å². The van der Waals surface area contributed by atoms with E-state index in [2.05, 4.69) is 41.8 Å². The number of fused-ring (bicyclic) bond motifs is 1. The van der Waals surface area contributed by atoms with E-state index < -0.39 is 4.92 Å². The number of oxazole rings is 1. The molecular formula is C20H11Br2N3O4. The number of aromatic hydroxyl groups is 1. The molecular weight excluding hydrogens is 506 g/mol. The SMILES string of the molecule is O=[N+]([O-])c1cc(Br)c(O)c(C=Nc2ccc3oc(-c4cccc(Br)c4)nc3c2)c1. The van der Waals surface area contributed by atoms with Crippen LogP contribution in [0, 0.1) is 10.1 Å². The maximum atomic E-state index is 11.0. The highest BCUT2D eigenvalue weighted by Gasteiger charge is 2.14. The Morgan fingerprint density at radius 1 is 1.14 bits per heavy atom. The number of phenolic OH excluding ortho intramolecular Hbond substituents is 1. The van der Waals surface area contributed by atoms with Crippen molar-refractivity contribution in [3.05, 3.63) is 79.2 Å². The lowest BCUT2D eigenvalue weighted by atomic mass is 10.2. The Kier molecular flexibility index (Phi) is 5.16. The van der Waals surface area contributed by atoms with Crippen LogP contribution >= 0.6 is 31.9 Å². The molecule has 29 heavy (non-hydrogen) atoms. The van der Waals surface area contributed by atoms with Crippen LogP contribution in [0.2, 0.25) is 0 Å². The van der Waals surface area contributed by atoms with Crippen LogP contribution in [0.25, 0.3) is 22.6 Å². The first-order chi connectivity index (χ1) is 13.9. The molecule has 0 atom stereocenters. The van der Waals surface area contributed by atoms with Gasteiger partial charge in [0.2, 0.25) is 5.89 Å². The number of hydrogen-bond donors (Lipinski definition) is 1. The fourth-order valence-electron chi connectivity index (χ4n) is 2.69. The lowest BCUT2D eigenvalue weighted by Crippen LogP contribution is -1.91. The summed E-state index contributed by atoms with van der Waals surface area (Å²) in [5.74, 6) is 0.362. The van der Waals surface area contributed by atoms with E-state index in [-0.39, 0.29) is 21.5 Å². The van der Waals surface area contributed by atoms with Gasteiger partial charge in [-0.2, -0.15) is 0 Å². The zero-order valence-electron chi connectivity index (χ0n) is 14.5. The predicted octanol–water partition coefficient (Wildman–Crippen LogP) is 6.38. The largest absolute Gasteiger partial charge is 0.506 e. The monoisotopic (exact) mass is 515 g/mol. The second-order valence-corrected chi connectivity index (χ2v) is 7.83. The second kappa shape index (κ2) is 7.76. The van der Waals surface area contributed by atoms with Crippen molar-refractivity contribution in [1.82, 2.24) is 4.98 Å². The molecule has 0 aliphatic carbocycles. The van der Waals surface area contributed by atoms with E-state index in [0.717, 1.165) is 10.0 Å². The van der Waals surface area contributed by atoms with Gasteiger partial charge in [-0.25, -0.2) is 4.98 Å². The third kappa shape index (κ3) is 4.06. The lowest BCUT2D eigenvalue weighted by molar-refractivity contribution is -0.385. The minimum Gasteiger partial charge on any atom is -0.506 e. The Bertz CT molecular complexity index is 1280. The number of nitro groups is 1. The molecule has 0 aliphatic heterocycles. The van der Waals surface area contributed by atoms with E-state index in [0.29, 0.717) is 22.7 Å². The Labute approximate surface area is 181 Å². The summed E-state index contributed by atoms with van der Waals surface area (Å²) in [7, 11) is 0. The number of aromatic nitrogens is 1. The fraction of sp³-hybridized carbons (Fsp3) is 0. The number of benzene rings is 3. The molecule has 0 radical (unpaired) electrons. The van der Waals surface area contributed by atoms with Crippen molar-refractivity contribution >= 4 is 60.5 Å². The molecule has 0 saturated heterocycles. The van der Waals surface area contributed by atoms with Gasteiger partial charge in [0, 0.05) is 33.9 Å². The van der Waals surface area contributed by atoms with Crippen LogP contribution < -0.4 is 0 Å². The van der Waals surface area contributed by atoms with E-state index in [1.165, 1.54) is 18.3 Å². The molecule has 1 N–H and O–H groups in total. The summed E-state index contributed by atoms with van der Waals surface area (Å²) >= 11 is 6.54. The highest BCUT2D eigenvalue weighted by atomic mass is 79.9. The first-order valence-corrected chi connectivity index (χ1v) is 9.87. The molecule has 0 unspecified atom stereocenters. The van der Waals surface area contributed by atoms with Gasteiger partial charge in [0.15, 0.2) is 5.58 Å². The molecule has 0 aliphatic rings. The van der Waals surface area contributed by atoms with Crippen LogP contribution in [-0.2, 0) is 0 Å². The van der Waals surface area contributed by atoms with Gasteiger partial charge in [-0.15, -0.1) is 0 Å². The molecule has 0 bridgehead atoms. The molecule has 0 spiro atoms. The van der Waals surface area contributed by atoms with Crippen LogP contribution in [0.5, 0.6) is 5.75 Å². The summed E-state index contributed by atoms with van der Waals surface area (Å²) < 4.78 is 6.94. The van der Waals surface area contributed by atoms with Crippen LogP contribution in [0.1, 0.15) is 5.56 Å². The first-order valence-electron chi connectivity index (χ1n) is 8.28. The molecule has 0 amide bonds. The van der Waals surface area contributed by atoms with E-state index in [1.54, 1.807) is 18.2 Å². The minimum absolute atomic E-state index is 0.126. The van der Waals surface area contributed by atoms with E-state index >= 15 is 0 Å². The third-order valence-corrected chi connectivity index (χ3v) is 5.18. The Morgan fingerprint density at radius 3 is 2.72 bits per heavy atom. The Morgan fingerprint density at radius 2 is 1.97 bits per heavy atom. The molecule has 4 aromatic rings. The number of aliphatic imine (C=N–C) groups is 1. The van der Waals surface area contributed by atoms with Gasteiger partial charge < -0.3 is 9.52 Å². The van der Waals surface area contributed by atoms with Gasteiger partial charge >= 0.3 is 0 Å². The van der Waals surface area contributed by atoms with E-state index in [9.17, 15) is 15.2 Å². The number of phenols is 1. The summed E-state index contributed by atoms with van der Waals surface area (Å²) in [5.41, 5.74) is 2.71. The van der Waals surface area contributed by atoms with Crippen molar-refractivity contribution in [3.8, 4) is 17.2 Å². The van der Waals surface area contributed by atoms with Gasteiger partial charge in [0.05, 0.1) is 15.1 Å². The quantitative estimate of drug-likeness (QED) is 0.192. The third-order valence-electron chi connectivity index (χ3n) is 4.08. The average Bonchev–Trinajstić information content (AvgIpc) is 3.12. The van der Waals surface area contributed by atoms with Gasteiger partial charge in [-0.3, -0.25) is 15.1 Å². The van der Waals surface area contributed by atoms with Gasteiger partial charge in [0.25, 0.3) is 5.69 Å². The average molecular weight is 517 g/mol. The van der Waals surface area contributed by atoms with Gasteiger partial charge in [-0.05, 0) is 52.3 Å². The molecule has 9 heteroatoms. The Hall–Kier alpha value is -3.04. The number of nitrogens with zero attached hydrogens (tertiary/aromatic N) is 3. The highest BCUT2D eigenvalue weighted by molar-refractivity contribution is 9.10. The zero-order chi connectivity index (χ0) is 20.5. The molecule has 0 fully saturated rings. The normalized spacial score (nSPS) is 11.4. The molecule has 144 valence electrons. The maximum absolute atomic E-state index is 11.0. The van der Waals surface area contributed by atoms with Crippen molar-refractivity contribution < 1.29 is 14.4 Å². The minimum atomic E-state index is -0.535. The van der Waals surface area contributed by atoms with Crippen LogP contribution in [0.4, 0.5) is 11.4 Å². The molecule has 0 saturated carbocycles. The topological polar surface area (TPSA) is 102 Å². The van der Waals surface area contributed by atoms with Crippen LogP contribution in [-0.4, -0.2) is 21.2 Å². The predicted molar refractivity (Wildman–Crippen MR) is 117 cm³/mol. The zero-order valence-corrected chi connectivity index (χ0v) is 17.7. The number of non-ortho nitro benzene ring substituents is 1. The van der Waals surface area contributed by atoms with E-state index in [4.69, 9.17) is 4.42 Å². The summed E-state index contributed by atoms with van der Waals surface area (Å²) in [6, 6.07) is 15.3. The highest BCUT2D eigenvalue weighted by Crippen LogP contribution is 2.32. The van der Waals surface area contributed by atoms with Crippen molar-refractivity contribution in [2.75, 3.05) is 0 Å². The number of rotatable bonds is 4. The first kappa shape index (κ1) is 19.3. The molecule has 1 heterocycles. The van der Waals surface area contributed by atoms with Crippen molar-refractivity contribution in [1.29, 1.82) is 0 Å². The number of halogens is 2. The maximum Gasteiger partial charge on any atom is 0.271 e. The van der Waals surface area contributed by atoms with Gasteiger partial charge in [-0.1, -0.05) is 22.0 Å². The van der Waals surface area contributed by atoms with Crippen LogP contribution in [0.15, 0.2) is 73.0 Å². The van der Waals surface area contributed by atoms with E-state index in [1.807, 2.05) is 24.3 Å². The lowest BCUT2D eigenvalue weighted by Gasteiger charge is -2.02.